The van der Waals surface area contributed by atoms with Crippen molar-refractivity contribution in [2.75, 3.05) is 6.54 Å². The van der Waals surface area contributed by atoms with Gasteiger partial charge in [-0.05, 0) is 59.8 Å². The van der Waals surface area contributed by atoms with E-state index in [0.29, 0.717) is 0 Å². The molecular weight excluding hydrogens is 224 g/mol. The normalized spacial score (nSPS) is 17.3. The van der Waals surface area contributed by atoms with Crippen molar-refractivity contribution in [2.45, 2.75) is 65.3 Å². The summed E-state index contributed by atoms with van der Waals surface area (Å²) in [6.07, 6.45) is 8.30. The average Bonchev–Trinajstić information content (AvgIpc) is 2.28. The van der Waals surface area contributed by atoms with E-state index in [2.05, 4.69) is 11.4 Å². The third-order valence-corrected chi connectivity index (χ3v) is 4.30. The monoisotopic (exact) mass is 252 g/mol. The molecule has 0 saturated carbocycles. The second-order valence-corrected chi connectivity index (χ2v) is 6.46. The van der Waals surface area contributed by atoms with E-state index >= 15 is 0 Å². The second-order valence-electron chi connectivity index (χ2n) is 6.46. The van der Waals surface area contributed by atoms with Crippen molar-refractivity contribution in [3.8, 4) is 0 Å². The molecule has 0 saturated heterocycles. The summed E-state index contributed by atoms with van der Waals surface area (Å²) in [6, 6.07) is 0. The van der Waals surface area contributed by atoms with Gasteiger partial charge in [-0.15, -0.1) is 0 Å². The van der Waals surface area contributed by atoms with Crippen molar-refractivity contribution in [3.63, 3.8) is 0 Å². The Labute approximate surface area is 111 Å². The molecule has 3 N–H and O–H groups in total. The maximum absolute atomic E-state index is 12.1. The van der Waals surface area contributed by atoms with E-state index in [1.54, 1.807) is 0 Å². The molecule has 0 spiro atoms. The minimum absolute atomic E-state index is 0.0476. The number of allylic oxidation sites excluding steroid dienone is 1. The lowest BCUT2D eigenvalue weighted by molar-refractivity contribution is -0.132. The van der Waals surface area contributed by atoms with Crippen molar-refractivity contribution >= 4 is 5.91 Å². The standard InChI is InChI=1S/C15H28N2O/c1-14(2,15(3,4)16)13(18)17-11-10-12-8-6-5-7-9-12/h8H,5-7,9-11,16H2,1-4H3,(H,17,18). The molecule has 0 aromatic heterocycles. The third-order valence-electron chi connectivity index (χ3n) is 4.30. The number of hydrogen-bond donors (Lipinski definition) is 2. The molecule has 3 heteroatoms. The fourth-order valence-electron chi connectivity index (χ4n) is 1.98. The molecule has 3 nitrogen and oxygen atoms in total. The van der Waals surface area contributed by atoms with Gasteiger partial charge >= 0.3 is 0 Å². The SMILES string of the molecule is CC(C)(N)C(C)(C)C(=O)NCCC1=CCCCC1. The molecule has 0 heterocycles. The third kappa shape index (κ3) is 3.84. The second kappa shape index (κ2) is 5.87. The van der Waals surface area contributed by atoms with Crippen LogP contribution >= 0.6 is 0 Å². The van der Waals surface area contributed by atoms with Crippen LogP contribution in [0.2, 0.25) is 0 Å². The molecule has 1 rings (SSSR count). The summed E-state index contributed by atoms with van der Waals surface area (Å²) in [5.41, 5.74) is 6.49. The first-order valence-electron chi connectivity index (χ1n) is 7.00. The number of carbonyl (C=O) groups is 1. The van der Waals surface area contributed by atoms with Crippen molar-refractivity contribution in [2.24, 2.45) is 11.1 Å². The lowest BCUT2D eigenvalue weighted by atomic mass is 9.74. The van der Waals surface area contributed by atoms with Gasteiger partial charge in [0, 0.05) is 12.1 Å². The Morgan fingerprint density at radius 3 is 2.50 bits per heavy atom. The number of hydrogen-bond acceptors (Lipinski definition) is 2. The number of carbonyl (C=O) groups excluding carboxylic acids is 1. The van der Waals surface area contributed by atoms with E-state index in [1.165, 1.54) is 31.3 Å². The molecule has 0 fully saturated rings. The van der Waals surface area contributed by atoms with Crippen molar-refractivity contribution < 1.29 is 4.79 Å². The van der Waals surface area contributed by atoms with E-state index in [0.717, 1.165) is 13.0 Å². The highest BCUT2D eigenvalue weighted by atomic mass is 16.2. The predicted octanol–water partition coefficient (Wildman–Crippen LogP) is 2.76. The van der Waals surface area contributed by atoms with Crippen LogP contribution in [0.25, 0.3) is 0 Å². The fourth-order valence-corrected chi connectivity index (χ4v) is 1.98. The van der Waals surface area contributed by atoms with Gasteiger partial charge in [0.15, 0.2) is 0 Å². The zero-order chi connectivity index (χ0) is 13.8. The van der Waals surface area contributed by atoms with Gasteiger partial charge in [-0.1, -0.05) is 11.6 Å². The van der Waals surface area contributed by atoms with Crippen LogP contribution in [0.15, 0.2) is 11.6 Å². The summed E-state index contributed by atoms with van der Waals surface area (Å²) in [5.74, 6) is 0.0476. The Balaban J connectivity index is 2.39. The molecule has 0 aromatic rings. The van der Waals surface area contributed by atoms with Gasteiger partial charge in [0.2, 0.25) is 5.91 Å². The zero-order valence-corrected chi connectivity index (χ0v) is 12.3. The number of amides is 1. The number of rotatable bonds is 5. The summed E-state index contributed by atoms with van der Waals surface area (Å²) in [6.45, 7) is 8.33. The highest BCUT2D eigenvalue weighted by Gasteiger charge is 2.40. The molecule has 1 amide bonds. The van der Waals surface area contributed by atoms with Gasteiger partial charge in [0.1, 0.15) is 0 Å². The summed E-state index contributed by atoms with van der Waals surface area (Å²) in [5, 5.41) is 3.02. The first-order valence-corrected chi connectivity index (χ1v) is 7.00. The van der Waals surface area contributed by atoms with Crippen molar-refractivity contribution in [1.29, 1.82) is 0 Å². The quantitative estimate of drug-likeness (QED) is 0.739. The van der Waals surface area contributed by atoms with Gasteiger partial charge in [-0.2, -0.15) is 0 Å². The minimum atomic E-state index is -0.548. The molecule has 0 bridgehead atoms. The van der Waals surface area contributed by atoms with E-state index < -0.39 is 11.0 Å². The summed E-state index contributed by atoms with van der Waals surface area (Å²) in [7, 11) is 0. The highest BCUT2D eigenvalue weighted by molar-refractivity contribution is 5.83. The Morgan fingerprint density at radius 1 is 1.33 bits per heavy atom. The maximum Gasteiger partial charge on any atom is 0.227 e. The van der Waals surface area contributed by atoms with Gasteiger partial charge in [0.25, 0.3) is 0 Å². The molecule has 104 valence electrons. The van der Waals surface area contributed by atoms with Crippen LogP contribution in [-0.4, -0.2) is 18.0 Å². The molecule has 18 heavy (non-hydrogen) atoms. The minimum Gasteiger partial charge on any atom is -0.355 e. The number of nitrogens with one attached hydrogen (secondary N) is 1. The topological polar surface area (TPSA) is 55.1 Å². The van der Waals surface area contributed by atoms with Crippen LogP contribution in [0.4, 0.5) is 0 Å². The van der Waals surface area contributed by atoms with E-state index in [-0.39, 0.29) is 5.91 Å². The molecule has 1 aliphatic rings. The van der Waals surface area contributed by atoms with Crippen LogP contribution in [0.3, 0.4) is 0 Å². The Bertz CT molecular complexity index is 324. The predicted molar refractivity (Wildman–Crippen MR) is 76.2 cm³/mol. The highest BCUT2D eigenvalue weighted by Crippen LogP contribution is 2.28. The average molecular weight is 252 g/mol. The van der Waals surface area contributed by atoms with Crippen LogP contribution < -0.4 is 11.1 Å². The van der Waals surface area contributed by atoms with Crippen LogP contribution in [0.5, 0.6) is 0 Å². The first kappa shape index (κ1) is 15.2. The fraction of sp³-hybridized carbons (Fsp3) is 0.800. The van der Waals surface area contributed by atoms with Crippen molar-refractivity contribution in [3.05, 3.63) is 11.6 Å². The molecular formula is C15H28N2O. The molecule has 0 unspecified atom stereocenters. The maximum atomic E-state index is 12.1. The van der Waals surface area contributed by atoms with E-state index in [4.69, 9.17) is 5.73 Å². The van der Waals surface area contributed by atoms with Crippen molar-refractivity contribution in [1.82, 2.24) is 5.32 Å². The van der Waals surface area contributed by atoms with Gasteiger partial charge < -0.3 is 11.1 Å². The van der Waals surface area contributed by atoms with Gasteiger partial charge in [-0.3, -0.25) is 4.79 Å². The lowest BCUT2D eigenvalue weighted by Gasteiger charge is -2.37. The smallest absolute Gasteiger partial charge is 0.227 e. The molecule has 0 aromatic carbocycles. The molecule has 1 aliphatic carbocycles. The van der Waals surface area contributed by atoms with E-state index in [1.807, 2.05) is 27.7 Å². The van der Waals surface area contributed by atoms with Gasteiger partial charge in [-0.25, -0.2) is 0 Å². The molecule has 0 atom stereocenters. The summed E-state index contributed by atoms with van der Waals surface area (Å²) < 4.78 is 0. The van der Waals surface area contributed by atoms with E-state index in [9.17, 15) is 4.79 Å². The van der Waals surface area contributed by atoms with Crippen LogP contribution in [0.1, 0.15) is 59.8 Å². The summed E-state index contributed by atoms with van der Waals surface area (Å²) in [4.78, 5) is 12.1. The zero-order valence-electron chi connectivity index (χ0n) is 12.3. The largest absolute Gasteiger partial charge is 0.355 e. The van der Waals surface area contributed by atoms with Gasteiger partial charge in [0.05, 0.1) is 5.41 Å². The van der Waals surface area contributed by atoms with Crippen LogP contribution in [-0.2, 0) is 4.79 Å². The lowest BCUT2D eigenvalue weighted by Crippen LogP contribution is -2.55. The molecule has 0 radical (unpaired) electrons. The molecule has 0 aliphatic heterocycles. The first-order chi connectivity index (χ1) is 8.25. The summed E-state index contributed by atoms with van der Waals surface area (Å²) >= 11 is 0. The Morgan fingerprint density at radius 2 is 2.00 bits per heavy atom. The number of nitrogens with two attached hydrogens (primary N) is 1. The van der Waals surface area contributed by atoms with Crippen LogP contribution in [0, 0.1) is 5.41 Å². The Kier molecular flexibility index (Phi) is 4.97. The Hall–Kier alpha value is -0.830.